The average Bonchev–Trinajstić information content (AvgIpc) is 2.95. The van der Waals surface area contributed by atoms with E-state index in [1.807, 2.05) is 13.8 Å². The number of esters is 1. The second-order valence-corrected chi connectivity index (χ2v) is 11.4. The van der Waals surface area contributed by atoms with Gasteiger partial charge in [0.2, 0.25) is 10.0 Å². The van der Waals surface area contributed by atoms with Gasteiger partial charge in [-0.3, -0.25) is 15.5 Å². The molecule has 3 aromatic carbocycles. The molecule has 0 aliphatic carbocycles. The van der Waals surface area contributed by atoms with Crippen molar-refractivity contribution in [2.24, 2.45) is 11.1 Å². The van der Waals surface area contributed by atoms with Crippen LogP contribution >= 0.6 is 0 Å². The van der Waals surface area contributed by atoms with Crippen LogP contribution in [0.15, 0.2) is 77.7 Å². The summed E-state index contributed by atoms with van der Waals surface area (Å²) in [5.41, 5.74) is 2.10. The maximum atomic E-state index is 13.2. The van der Waals surface area contributed by atoms with Gasteiger partial charge < -0.3 is 19.1 Å². The monoisotopic (exact) mass is 610 g/mol. The number of primary sulfonamides is 1. The molecule has 2 amide bonds. The van der Waals surface area contributed by atoms with E-state index < -0.39 is 28.2 Å². The standard InChI is InChI=1S/C30H34N4O8S/c1-20(2)18-34(19-22-7-6-8-24(17-22)28(31)33-29(36)41-16-15-40-21(3)35)30(37)42-25-13-11-23(12-14-25)26-9-4-5-10-27(26)43(32,38)39/h4-14,17,20H,15-16,18-19H2,1-3H3,(H2,31,33,36)(H2,32,38,39). The van der Waals surface area contributed by atoms with E-state index in [9.17, 15) is 22.8 Å². The summed E-state index contributed by atoms with van der Waals surface area (Å²) in [6.07, 6.45) is -1.46. The zero-order valence-corrected chi connectivity index (χ0v) is 24.8. The Bertz CT molecular complexity index is 1570. The minimum atomic E-state index is -3.93. The highest BCUT2D eigenvalue weighted by Crippen LogP contribution is 2.28. The molecule has 0 aromatic heterocycles. The number of amidine groups is 1. The van der Waals surface area contributed by atoms with Crippen LogP contribution in [0.1, 0.15) is 31.9 Å². The fourth-order valence-electron chi connectivity index (χ4n) is 4.04. The zero-order valence-electron chi connectivity index (χ0n) is 24.0. The summed E-state index contributed by atoms with van der Waals surface area (Å²) >= 11 is 0. The van der Waals surface area contributed by atoms with Gasteiger partial charge in [-0.05, 0) is 41.3 Å². The first-order valence-corrected chi connectivity index (χ1v) is 14.8. The lowest BCUT2D eigenvalue weighted by atomic mass is 10.1. The number of carbonyl (C=O) groups excluding carboxylic acids is 3. The topological polar surface area (TPSA) is 178 Å². The smallest absolute Gasteiger partial charge is 0.415 e. The highest BCUT2D eigenvalue weighted by molar-refractivity contribution is 7.89. The molecule has 0 radical (unpaired) electrons. The second kappa shape index (κ2) is 14.9. The van der Waals surface area contributed by atoms with Crippen LogP contribution < -0.4 is 15.2 Å². The third kappa shape index (κ3) is 10.2. The molecule has 12 nitrogen and oxygen atoms in total. The average molecular weight is 611 g/mol. The van der Waals surface area contributed by atoms with Crippen molar-refractivity contribution in [3.63, 3.8) is 0 Å². The molecule has 0 bridgehead atoms. The van der Waals surface area contributed by atoms with Gasteiger partial charge in [-0.2, -0.15) is 0 Å². The number of nitrogens with one attached hydrogen (secondary N) is 2. The normalized spacial score (nSPS) is 11.0. The van der Waals surface area contributed by atoms with Gasteiger partial charge in [-0.15, -0.1) is 0 Å². The molecular formula is C30H34N4O8S. The number of alkyl carbamates (subject to hydrolysis) is 1. The summed E-state index contributed by atoms with van der Waals surface area (Å²) in [5, 5.41) is 15.9. The van der Waals surface area contributed by atoms with Gasteiger partial charge in [0.15, 0.2) is 0 Å². The van der Waals surface area contributed by atoms with Gasteiger partial charge in [-0.25, -0.2) is 23.1 Å². The number of amides is 2. The van der Waals surface area contributed by atoms with Gasteiger partial charge in [-0.1, -0.05) is 62.4 Å². The van der Waals surface area contributed by atoms with E-state index in [-0.39, 0.29) is 42.2 Å². The largest absolute Gasteiger partial charge is 0.462 e. The molecule has 0 saturated heterocycles. The van der Waals surface area contributed by atoms with Crippen molar-refractivity contribution in [3.8, 4) is 16.9 Å². The van der Waals surface area contributed by atoms with Crippen LogP contribution in [0, 0.1) is 11.3 Å². The third-order valence-electron chi connectivity index (χ3n) is 5.85. The number of benzene rings is 3. The molecule has 0 spiro atoms. The number of nitrogens with two attached hydrogens (primary N) is 1. The predicted octanol–water partition coefficient (Wildman–Crippen LogP) is 4.27. The third-order valence-corrected chi connectivity index (χ3v) is 6.81. The van der Waals surface area contributed by atoms with E-state index in [0.717, 1.165) is 0 Å². The molecular weight excluding hydrogens is 576 g/mol. The summed E-state index contributed by atoms with van der Waals surface area (Å²) in [7, 11) is -3.93. The highest BCUT2D eigenvalue weighted by Gasteiger charge is 2.20. The minimum Gasteiger partial charge on any atom is -0.462 e. The number of carbonyl (C=O) groups is 3. The Morgan fingerprint density at radius 1 is 0.953 bits per heavy atom. The molecule has 13 heteroatoms. The predicted molar refractivity (Wildman–Crippen MR) is 159 cm³/mol. The van der Waals surface area contributed by atoms with Crippen molar-refractivity contribution in [2.45, 2.75) is 32.2 Å². The molecule has 4 N–H and O–H groups in total. The number of rotatable bonds is 11. The van der Waals surface area contributed by atoms with Crippen LogP contribution in [0.25, 0.3) is 11.1 Å². The molecule has 3 aromatic rings. The van der Waals surface area contributed by atoms with Gasteiger partial charge >= 0.3 is 18.2 Å². The first-order valence-electron chi connectivity index (χ1n) is 13.3. The molecule has 3 rings (SSSR count). The van der Waals surface area contributed by atoms with Crippen LogP contribution in [-0.4, -0.2) is 57.1 Å². The molecule has 0 heterocycles. The van der Waals surface area contributed by atoms with Gasteiger partial charge in [0, 0.05) is 31.1 Å². The van der Waals surface area contributed by atoms with E-state index in [0.29, 0.717) is 28.8 Å². The van der Waals surface area contributed by atoms with Crippen molar-refractivity contribution < 1.29 is 37.0 Å². The van der Waals surface area contributed by atoms with E-state index in [4.69, 9.17) is 24.8 Å². The fraction of sp³-hybridized carbons (Fsp3) is 0.267. The Morgan fingerprint density at radius 3 is 2.28 bits per heavy atom. The van der Waals surface area contributed by atoms with Crippen LogP contribution in [0.3, 0.4) is 0 Å². The molecule has 0 saturated carbocycles. The highest BCUT2D eigenvalue weighted by atomic mass is 32.2. The first-order chi connectivity index (χ1) is 20.3. The fourth-order valence-corrected chi connectivity index (χ4v) is 4.80. The van der Waals surface area contributed by atoms with Crippen LogP contribution in [0.5, 0.6) is 5.75 Å². The molecule has 0 unspecified atom stereocenters. The molecule has 0 aliphatic heterocycles. The molecule has 0 fully saturated rings. The van der Waals surface area contributed by atoms with Crippen LogP contribution in [-0.2, 0) is 30.8 Å². The van der Waals surface area contributed by atoms with Crippen molar-refractivity contribution in [2.75, 3.05) is 19.8 Å². The number of ether oxygens (including phenoxy) is 3. The number of hydrogen-bond acceptors (Lipinski definition) is 9. The Kier molecular flexibility index (Phi) is 11.4. The number of nitrogens with zero attached hydrogens (tertiary/aromatic N) is 1. The van der Waals surface area contributed by atoms with Gasteiger partial charge in [0.05, 0.1) is 4.90 Å². The van der Waals surface area contributed by atoms with Crippen molar-refractivity contribution in [1.82, 2.24) is 10.2 Å². The Morgan fingerprint density at radius 2 is 1.63 bits per heavy atom. The van der Waals surface area contributed by atoms with Crippen molar-refractivity contribution in [1.29, 1.82) is 5.41 Å². The summed E-state index contributed by atoms with van der Waals surface area (Å²) in [5.74, 6) is -0.315. The molecule has 0 aliphatic rings. The van der Waals surface area contributed by atoms with Gasteiger partial charge in [0.1, 0.15) is 24.8 Å². The van der Waals surface area contributed by atoms with Crippen LogP contribution in [0.4, 0.5) is 9.59 Å². The van der Waals surface area contributed by atoms with E-state index in [1.54, 1.807) is 66.7 Å². The molecule has 228 valence electrons. The zero-order chi connectivity index (χ0) is 31.6. The lowest BCUT2D eigenvalue weighted by Gasteiger charge is -2.24. The Labute approximate surface area is 250 Å². The summed E-state index contributed by atoms with van der Waals surface area (Å²) < 4.78 is 39.2. The number of hydrogen-bond donors (Lipinski definition) is 3. The van der Waals surface area contributed by atoms with Crippen molar-refractivity contribution in [3.05, 3.63) is 83.9 Å². The number of sulfonamides is 1. The van der Waals surface area contributed by atoms with Crippen molar-refractivity contribution >= 4 is 34.0 Å². The maximum absolute atomic E-state index is 13.2. The molecule has 0 atom stereocenters. The SMILES string of the molecule is CC(=O)OCCOC(=O)NC(=N)c1cccc(CN(CC(C)C)C(=O)Oc2ccc(-c3ccccc3S(N)(=O)=O)cc2)c1. The first kappa shape index (κ1) is 32.8. The van der Waals surface area contributed by atoms with Gasteiger partial charge in [0.25, 0.3) is 0 Å². The quantitative estimate of drug-likeness (QED) is 0.125. The summed E-state index contributed by atoms with van der Waals surface area (Å²) in [6, 6.07) is 19.6. The summed E-state index contributed by atoms with van der Waals surface area (Å²) in [6.45, 7) is 5.46. The van der Waals surface area contributed by atoms with Crippen LogP contribution in [0.2, 0.25) is 0 Å². The Hall–Kier alpha value is -4.75. The van der Waals surface area contributed by atoms with E-state index in [2.05, 4.69) is 5.32 Å². The molecule has 43 heavy (non-hydrogen) atoms. The summed E-state index contributed by atoms with van der Waals surface area (Å²) in [4.78, 5) is 37.4. The lowest BCUT2D eigenvalue weighted by molar-refractivity contribution is -0.141. The van der Waals surface area contributed by atoms with E-state index >= 15 is 0 Å². The van der Waals surface area contributed by atoms with E-state index in [1.165, 1.54) is 17.9 Å². The Balaban J connectivity index is 1.67. The second-order valence-electron chi connectivity index (χ2n) is 9.88. The lowest BCUT2D eigenvalue weighted by Crippen LogP contribution is -2.36. The minimum absolute atomic E-state index is 0.00970. The maximum Gasteiger partial charge on any atom is 0.415 e.